The molecule has 0 aliphatic heterocycles. The molecule has 3 heteroatoms. The Kier molecular flexibility index (Phi) is 7.86. The van der Waals surface area contributed by atoms with Gasteiger partial charge in [0.1, 0.15) is 0 Å². The molecule has 0 saturated heterocycles. The number of rotatable bonds is 10. The summed E-state index contributed by atoms with van der Waals surface area (Å²) >= 11 is 0. The van der Waals surface area contributed by atoms with Crippen LogP contribution in [0.15, 0.2) is 35.3 Å². The predicted octanol–water partition coefficient (Wildman–Crippen LogP) is 4.31. The van der Waals surface area contributed by atoms with E-state index in [1.807, 2.05) is 18.2 Å². The highest BCUT2D eigenvalue weighted by Gasteiger charge is 2.27. The van der Waals surface area contributed by atoms with E-state index >= 15 is 0 Å². The number of hydrogen-bond acceptors (Lipinski definition) is 3. The Hall–Kier alpha value is -1.44. The Morgan fingerprint density at radius 2 is 1.65 bits per heavy atom. The maximum Gasteiger partial charge on any atom is 0.238 e. The molecule has 1 atom stereocenters. The molecule has 110 valence electrons. The summed E-state index contributed by atoms with van der Waals surface area (Å²) in [5.74, 6) is 0. The van der Waals surface area contributed by atoms with Crippen molar-refractivity contribution < 1.29 is 9.90 Å². The van der Waals surface area contributed by atoms with Gasteiger partial charge in [-0.3, -0.25) is 0 Å². The van der Waals surface area contributed by atoms with Crippen LogP contribution in [0.2, 0.25) is 0 Å². The lowest BCUT2D eigenvalue weighted by atomic mass is 9.96. The van der Waals surface area contributed by atoms with Gasteiger partial charge in [0.15, 0.2) is 5.72 Å². The second-order valence-electron chi connectivity index (χ2n) is 5.26. The van der Waals surface area contributed by atoms with Crippen LogP contribution in [0.1, 0.15) is 63.9 Å². The summed E-state index contributed by atoms with van der Waals surface area (Å²) in [6, 6.07) is 9.14. The van der Waals surface area contributed by atoms with Gasteiger partial charge in [0.25, 0.3) is 0 Å². The second kappa shape index (κ2) is 9.46. The molecule has 20 heavy (non-hydrogen) atoms. The first kappa shape index (κ1) is 16.6. The van der Waals surface area contributed by atoms with Crippen LogP contribution in [0.3, 0.4) is 0 Å². The van der Waals surface area contributed by atoms with Crippen LogP contribution in [0.5, 0.6) is 0 Å². The van der Waals surface area contributed by atoms with Gasteiger partial charge >= 0.3 is 0 Å². The zero-order chi connectivity index (χ0) is 14.7. The Morgan fingerprint density at radius 1 is 1.05 bits per heavy atom. The molecule has 3 nitrogen and oxygen atoms in total. The Bertz CT molecular complexity index is 412. The van der Waals surface area contributed by atoms with Gasteiger partial charge in [-0.15, -0.1) is 0 Å². The SMILES string of the molecule is CCCCCCCCCC(O)(N=C=O)c1ccccc1. The molecule has 0 radical (unpaired) electrons. The average Bonchev–Trinajstić information content (AvgIpc) is 2.47. The van der Waals surface area contributed by atoms with E-state index in [-0.39, 0.29) is 0 Å². The van der Waals surface area contributed by atoms with Gasteiger partial charge in [0.2, 0.25) is 6.08 Å². The minimum atomic E-state index is -1.41. The number of benzene rings is 1. The molecule has 0 heterocycles. The summed E-state index contributed by atoms with van der Waals surface area (Å²) < 4.78 is 0. The molecule has 1 N–H and O–H groups in total. The summed E-state index contributed by atoms with van der Waals surface area (Å²) in [4.78, 5) is 14.2. The van der Waals surface area contributed by atoms with Crippen molar-refractivity contribution in [1.29, 1.82) is 0 Å². The molecule has 0 bridgehead atoms. The van der Waals surface area contributed by atoms with Gasteiger partial charge in [-0.05, 0) is 6.42 Å². The van der Waals surface area contributed by atoms with Crippen LogP contribution in [0, 0.1) is 0 Å². The van der Waals surface area contributed by atoms with Crippen molar-refractivity contribution in [3.05, 3.63) is 35.9 Å². The Labute approximate surface area is 121 Å². The number of nitrogens with zero attached hydrogens (tertiary/aromatic N) is 1. The van der Waals surface area contributed by atoms with Crippen LogP contribution in [0.25, 0.3) is 0 Å². The van der Waals surface area contributed by atoms with Crippen molar-refractivity contribution in [1.82, 2.24) is 0 Å². The van der Waals surface area contributed by atoms with Crippen LogP contribution >= 0.6 is 0 Å². The molecule has 0 aliphatic rings. The predicted molar refractivity (Wildman–Crippen MR) is 81.1 cm³/mol. The summed E-state index contributed by atoms with van der Waals surface area (Å²) in [7, 11) is 0. The number of aliphatic hydroxyl groups is 1. The molecule has 1 aromatic rings. The first-order valence-corrected chi connectivity index (χ1v) is 7.60. The van der Waals surface area contributed by atoms with E-state index in [1.54, 1.807) is 12.1 Å². The topological polar surface area (TPSA) is 49.7 Å². The van der Waals surface area contributed by atoms with Crippen molar-refractivity contribution in [2.24, 2.45) is 4.99 Å². The van der Waals surface area contributed by atoms with Crippen molar-refractivity contribution >= 4 is 6.08 Å². The van der Waals surface area contributed by atoms with Crippen molar-refractivity contribution in [3.8, 4) is 0 Å². The summed E-state index contributed by atoms with van der Waals surface area (Å²) in [5, 5.41) is 10.5. The smallest absolute Gasteiger partial charge is 0.238 e. The quantitative estimate of drug-likeness (QED) is 0.393. The van der Waals surface area contributed by atoms with Gasteiger partial charge in [-0.1, -0.05) is 75.8 Å². The van der Waals surface area contributed by atoms with Crippen LogP contribution in [-0.4, -0.2) is 11.2 Å². The van der Waals surface area contributed by atoms with Gasteiger partial charge in [-0.25, -0.2) is 4.79 Å². The minimum absolute atomic E-state index is 0.472. The van der Waals surface area contributed by atoms with Crippen LogP contribution in [-0.2, 0) is 10.5 Å². The summed E-state index contributed by atoms with van der Waals surface area (Å²) in [5.41, 5.74) is -0.749. The maximum absolute atomic E-state index is 10.5. The minimum Gasteiger partial charge on any atom is -0.365 e. The van der Waals surface area contributed by atoms with E-state index in [2.05, 4.69) is 11.9 Å². The molecule has 0 amide bonds. The highest BCUT2D eigenvalue weighted by molar-refractivity contribution is 5.36. The molecule has 1 aromatic carbocycles. The molecule has 0 aliphatic carbocycles. The molecule has 1 unspecified atom stereocenters. The van der Waals surface area contributed by atoms with Crippen molar-refractivity contribution in [2.45, 2.75) is 64.0 Å². The molecule has 0 saturated carbocycles. The van der Waals surface area contributed by atoms with Gasteiger partial charge in [0.05, 0.1) is 0 Å². The lowest BCUT2D eigenvalue weighted by Crippen LogP contribution is -2.22. The van der Waals surface area contributed by atoms with Crippen LogP contribution < -0.4 is 0 Å². The fourth-order valence-electron chi connectivity index (χ4n) is 2.37. The van der Waals surface area contributed by atoms with E-state index in [0.29, 0.717) is 12.0 Å². The number of isocyanates is 1. The van der Waals surface area contributed by atoms with Gasteiger partial charge < -0.3 is 5.11 Å². The monoisotopic (exact) mass is 275 g/mol. The third-order valence-corrected chi connectivity index (χ3v) is 3.60. The van der Waals surface area contributed by atoms with Crippen LogP contribution in [0.4, 0.5) is 0 Å². The third-order valence-electron chi connectivity index (χ3n) is 3.60. The first-order valence-electron chi connectivity index (χ1n) is 7.60. The zero-order valence-corrected chi connectivity index (χ0v) is 12.3. The highest BCUT2D eigenvalue weighted by atomic mass is 16.3. The highest BCUT2D eigenvalue weighted by Crippen LogP contribution is 2.28. The van der Waals surface area contributed by atoms with E-state index < -0.39 is 5.72 Å². The molecule has 0 aromatic heterocycles. The summed E-state index contributed by atoms with van der Waals surface area (Å²) in [6.45, 7) is 2.21. The van der Waals surface area contributed by atoms with Crippen molar-refractivity contribution in [2.75, 3.05) is 0 Å². The van der Waals surface area contributed by atoms with E-state index in [0.717, 1.165) is 12.8 Å². The van der Waals surface area contributed by atoms with E-state index in [9.17, 15) is 9.90 Å². The van der Waals surface area contributed by atoms with E-state index in [1.165, 1.54) is 38.2 Å². The number of hydrogen-bond donors (Lipinski definition) is 1. The lowest BCUT2D eigenvalue weighted by Gasteiger charge is -2.22. The fourth-order valence-corrected chi connectivity index (χ4v) is 2.37. The zero-order valence-electron chi connectivity index (χ0n) is 12.3. The second-order valence-corrected chi connectivity index (χ2v) is 5.26. The fraction of sp³-hybridized carbons (Fsp3) is 0.588. The largest absolute Gasteiger partial charge is 0.365 e. The summed E-state index contributed by atoms with van der Waals surface area (Å²) in [6.07, 6.45) is 10.2. The maximum atomic E-state index is 10.5. The number of carbonyl (C=O) groups excluding carboxylic acids is 1. The molecular formula is C17H25NO2. The lowest BCUT2D eigenvalue weighted by molar-refractivity contribution is 0.0343. The molecular weight excluding hydrogens is 250 g/mol. The number of aliphatic imine (C=N–C) groups is 1. The molecule has 0 fully saturated rings. The van der Waals surface area contributed by atoms with Gasteiger partial charge in [0, 0.05) is 12.0 Å². The van der Waals surface area contributed by atoms with Crippen molar-refractivity contribution in [3.63, 3.8) is 0 Å². The number of unbranched alkanes of at least 4 members (excludes halogenated alkanes) is 6. The normalized spacial score (nSPS) is 13.5. The Morgan fingerprint density at radius 3 is 2.25 bits per heavy atom. The molecule has 0 spiro atoms. The molecule has 1 rings (SSSR count). The Balaban J connectivity index is 2.42. The van der Waals surface area contributed by atoms with Gasteiger partial charge in [-0.2, -0.15) is 4.99 Å². The van der Waals surface area contributed by atoms with E-state index in [4.69, 9.17) is 0 Å². The standard InChI is InChI=1S/C17H25NO2/c1-2-3-4-5-6-7-11-14-17(20,18-15-19)16-12-9-8-10-13-16/h8-10,12-13,20H,2-7,11,14H2,1H3. The third kappa shape index (κ3) is 5.68. The first-order chi connectivity index (χ1) is 9.73. The average molecular weight is 275 g/mol.